The fourth-order valence-electron chi connectivity index (χ4n) is 4.69. The maximum atomic E-state index is 16.3. The average molecular weight is 552 g/mol. The lowest BCUT2D eigenvalue weighted by atomic mass is 9.96. The summed E-state index contributed by atoms with van der Waals surface area (Å²) in [6.07, 6.45) is -0.422. The third-order valence-corrected chi connectivity index (χ3v) is 6.75. The molecule has 3 aromatic carbocycles. The number of anilines is 1. The van der Waals surface area contributed by atoms with Crippen molar-refractivity contribution in [1.82, 2.24) is 14.9 Å². The monoisotopic (exact) mass is 551 g/mol. The summed E-state index contributed by atoms with van der Waals surface area (Å²) in [7, 11) is 0. The molecule has 4 aromatic rings. The van der Waals surface area contributed by atoms with Crippen molar-refractivity contribution < 1.29 is 23.8 Å². The maximum Gasteiger partial charge on any atom is 0.410 e. The third-order valence-electron chi connectivity index (χ3n) is 6.45. The molecule has 2 heterocycles. The predicted molar refractivity (Wildman–Crippen MR) is 148 cm³/mol. The van der Waals surface area contributed by atoms with Gasteiger partial charge < -0.3 is 25.4 Å². The molecule has 0 bridgehead atoms. The van der Waals surface area contributed by atoms with Gasteiger partial charge in [-0.3, -0.25) is 4.79 Å². The summed E-state index contributed by atoms with van der Waals surface area (Å²) in [5.74, 6) is -1.58. The summed E-state index contributed by atoms with van der Waals surface area (Å²) in [5.41, 5.74) is 5.41. The van der Waals surface area contributed by atoms with Gasteiger partial charge in [-0.2, -0.15) is 0 Å². The van der Waals surface area contributed by atoms with Crippen LogP contribution >= 0.6 is 11.6 Å². The lowest BCUT2D eigenvalue weighted by Gasteiger charge is -2.36. The molecule has 1 aromatic heterocycles. The smallest absolute Gasteiger partial charge is 0.410 e. The third kappa shape index (κ3) is 5.12. The number of benzene rings is 3. The highest BCUT2D eigenvalue weighted by Gasteiger charge is 2.29. The van der Waals surface area contributed by atoms with Crippen molar-refractivity contribution in [2.45, 2.75) is 26.4 Å². The van der Waals surface area contributed by atoms with E-state index in [9.17, 15) is 14.7 Å². The molecular formula is C28H27ClFN5O4. The first-order chi connectivity index (χ1) is 18.4. The number of carbonyl (C=O) groups excluding carboxylic acids is 2. The van der Waals surface area contributed by atoms with Crippen LogP contribution < -0.4 is 10.6 Å². The van der Waals surface area contributed by atoms with Crippen LogP contribution in [0.15, 0.2) is 42.5 Å². The number of rotatable bonds is 3. The number of fused-ring (bicyclic) bond motifs is 2. The average Bonchev–Trinajstić information content (AvgIpc) is 2.87. The van der Waals surface area contributed by atoms with Crippen LogP contribution in [0.2, 0.25) is 5.02 Å². The molecule has 202 valence electrons. The van der Waals surface area contributed by atoms with E-state index in [2.05, 4.69) is 9.97 Å². The van der Waals surface area contributed by atoms with E-state index < -0.39 is 23.4 Å². The van der Waals surface area contributed by atoms with Crippen molar-refractivity contribution in [3.63, 3.8) is 0 Å². The molecule has 1 saturated heterocycles. The van der Waals surface area contributed by atoms with Gasteiger partial charge in [0.05, 0.1) is 5.02 Å². The number of primary amides is 1. The largest absolute Gasteiger partial charge is 0.508 e. The maximum absolute atomic E-state index is 16.3. The molecule has 0 spiro atoms. The van der Waals surface area contributed by atoms with Crippen molar-refractivity contribution in [2.75, 3.05) is 31.1 Å². The lowest BCUT2D eigenvalue weighted by Crippen LogP contribution is -2.50. The minimum absolute atomic E-state index is 0.0833. The van der Waals surface area contributed by atoms with Gasteiger partial charge in [0.25, 0.3) is 5.91 Å². The molecule has 1 aliphatic rings. The Kier molecular flexibility index (Phi) is 6.67. The normalized spacial score (nSPS) is 14.2. The van der Waals surface area contributed by atoms with Gasteiger partial charge >= 0.3 is 6.09 Å². The van der Waals surface area contributed by atoms with Crippen LogP contribution in [0, 0.1) is 5.82 Å². The second kappa shape index (κ2) is 9.85. The number of piperazine rings is 1. The molecule has 0 radical (unpaired) electrons. The van der Waals surface area contributed by atoms with E-state index in [1.165, 1.54) is 6.07 Å². The Balaban J connectivity index is 1.59. The van der Waals surface area contributed by atoms with Gasteiger partial charge in [-0.05, 0) is 55.3 Å². The Morgan fingerprint density at radius 3 is 2.44 bits per heavy atom. The van der Waals surface area contributed by atoms with Gasteiger partial charge in [0.15, 0.2) is 5.82 Å². The quantitative estimate of drug-likeness (QED) is 0.363. The Morgan fingerprint density at radius 1 is 1.05 bits per heavy atom. The number of carbonyl (C=O) groups is 2. The van der Waals surface area contributed by atoms with E-state index in [1.54, 1.807) is 62.1 Å². The van der Waals surface area contributed by atoms with Gasteiger partial charge in [0, 0.05) is 37.1 Å². The topological polar surface area (TPSA) is 122 Å². The van der Waals surface area contributed by atoms with Crippen molar-refractivity contribution in [2.24, 2.45) is 5.73 Å². The molecule has 1 fully saturated rings. The zero-order valence-corrected chi connectivity index (χ0v) is 22.4. The molecule has 1 aliphatic heterocycles. The van der Waals surface area contributed by atoms with Crippen LogP contribution in [0.5, 0.6) is 5.75 Å². The fraction of sp³-hybridized carbons (Fsp3) is 0.286. The standard InChI is InChI=1S/C28H27ClFN5O4/c1-28(2,3)39-27(38)35-11-9-34(10-12-35)26-19-14-20(29)21(22(30)23(19)32-25(33-26)24(31)37)18-6-4-5-15-13-16(36)7-8-17(15)18/h4-8,13-14,36H,9-12H2,1-3H3,(H2,31,37). The molecule has 5 rings (SSSR count). The summed E-state index contributed by atoms with van der Waals surface area (Å²) >= 11 is 6.69. The number of nitrogens with two attached hydrogens (primary N) is 1. The highest BCUT2D eigenvalue weighted by molar-refractivity contribution is 6.35. The number of halogens is 2. The Bertz CT molecular complexity index is 1630. The van der Waals surface area contributed by atoms with E-state index in [0.29, 0.717) is 53.7 Å². The predicted octanol–water partition coefficient (Wildman–Crippen LogP) is 5.10. The summed E-state index contributed by atoms with van der Waals surface area (Å²) in [6.45, 7) is 6.79. The second-order valence-electron chi connectivity index (χ2n) is 10.3. The highest BCUT2D eigenvalue weighted by atomic mass is 35.5. The summed E-state index contributed by atoms with van der Waals surface area (Å²) < 4.78 is 21.7. The second-order valence-corrected chi connectivity index (χ2v) is 10.8. The molecule has 0 unspecified atom stereocenters. The van der Waals surface area contributed by atoms with E-state index in [0.717, 1.165) is 0 Å². The van der Waals surface area contributed by atoms with E-state index in [-0.39, 0.29) is 27.7 Å². The SMILES string of the molecule is CC(C)(C)OC(=O)N1CCN(c2nc(C(N)=O)nc3c(F)c(-c4cccc5cc(O)ccc45)c(Cl)cc23)CC1. The molecule has 0 saturated carbocycles. The first-order valence-electron chi connectivity index (χ1n) is 12.4. The zero-order valence-electron chi connectivity index (χ0n) is 21.7. The number of ether oxygens (including phenoxy) is 1. The van der Waals surface area contributed by atoms with Gasteiger partial charge in [-0.25, -0.2) is 19.2 Å². The zero-order chi connectivity index (χ0) is 28.1. The van der Waals surface area contributed by atoms with Gasteiger partial charge in [0.2, 0.25) is 5.82 Å². The molecule has 0 atom stereocenters. The van der Waals surface area contributed by atoms with Crippen LogP contribution in [-0.4, -0.2) is 63.8 Å². The van der Waals surface area contributed by atoms with Crippen LogP contribution in [-0.2, 0) is 4.74 Å². The van der Waals surface area contributed by atoms with Crippen LogP contribution in [0.25, 0.3) is 32.8 Å². The van der Waals surface area contributed by atoms with Gasteiger partial charge in [-0.15, -0.1) is 0 Å². The van der Waals surface area contributed by atoms with Crippen LogP contribution in [0.4, 0.5) is 15.0 Å². The Morgan fingerprint density at radius 2 is 1.77 bits per heavy atom. The summed E-state index contributed by atoms with van der Waals surface area (Å²) in [6, 6.07) is 11.6. The van der Waals surface area contributed by atoms with Crippen LogP contribution in [0.3, 0.4) is 0 Å². The molecule has 0 aliphatic carbocycles. The van der Waals surface area contributed by atoms with E-state index >= 15 is 4.39 Å². The molecular weight excluding hydrogens is 525 g/mol. The summed E-state index contributed by atoms with van der Waals surface area (Å²) in [4.78, 5) is 36.6. The summed E-state index contributed by atoms with van der Waals surface area (Å²) in [5, 5.41) is 11.7. The fourth-order valence-corrected chi connectivity index (χ4v) is 4.99. The highest BCUT2D eigenvalue weighted by Crippen LogP contribution is 2.41. The van der Waals surface area contributed by atoms with Gasteiger partial charge in [0.1, 0.15) is 22.7 Å². The molecule has 11 heteroatoms. The first-order valence-corrected chi connectivity index (χ1v) is 12.8. The number of hydrogen-bond donors (Lipinski definition) is 2. The number of aromatic nitrogens is 2. The van der Waals surface area contributed by atoms with Crippen molar-refractivity contribution >= 4 is 51.1 Å². The first kappa shape index (κ1) is 26.4. The number of amides is 2. The number of nitrogens with zero attached hydrogens (tertiary/aromatic N) is 4. The number of hydrogen-bond acceptors (Lipinski definition) is 7. The number of aromatic hydroxyl groups is 1. The van der Waals surface area contributed by atoms with Crippen molar-refractivity contribution in [3.05, 3.63) is 59.1 Å². The Labute approximate surface area is 228 Å². The van der Waals surface area contributed by atoms with E-state index in [1.807, 2.05) is 4.90 Å². The van der Waals surface area contributed by atoms with Crippen molar-refractivity contribution in [3.8, 4) is 16.9 Å². The lowest BCUT2D eigenvalue weighted by molar-refractivity contribution is 0.0240. The molecule has 3 N–H and O–H groups in total. The van der Waals surface area contributed by atoms with Gasteiger partial charge in [-0.1, -0.05) is 35.9 Å². The number of phenols is 1. The minimum Gasteiger partial charge on any atom is -0.508 e. The molecule has 39 heavy (non-hydrogen) atoms. The number of phenolic OH excluding ortho intramolecular Hbond substituents is 1. The van der Waals surface area contributed by atoms with E-state index in [4.69, 9.17) is 22.1 Å². The van der Waals surface area contributed by atoms with Crippen LogP contribution in [0.1, 0.15) is 31.4 Å². The minimum atomic E-state index is -0.901. The molecule has 9 nitrogen and oxygen atoms in total. The van der Waals surface area contributed by atoms with Crippen molar-refractivity contribution in [1.29, 1.82) is 0 Å². The Hall–Kier alpha value is -4.18. The molecule has 2 amide bonds.